The molecule has 1 aliphatic rings. The number of sulfone groups is 1. The van der Waals surface area contributed by atoms with E-state index in [0.717, 1.165) is 0 Å². The largest absolute Gasteiger partial charge is 0.327 e. The zero-order valence-electron chi connectivity index (χ0n) is 7.66. The first-order chi connectivity index (χ1) is 6.46. The van der Waals surface area contributed by atoms with E-state index in [4.69, 9.17) is 0 Å². The summed E-state index contributed by atoms with van der Waals surface area (Å²) < 4.78 is 22.4. The minimum Gasteiger partial charge on any atom is -0.327 e. The van der Waals surface area contributed by atoms with Gasteiger partial charge >= 0.3 is 0 Å². The summed E-state index contributed by atoms with van der Waals surface area (Å²) in [6.45, 7) is 1.95. The van der Waals surface area contributed by atoms with Gasteiger partial charge in [-0.3, -0.25) is 4.79 Å². The summed E-state index contributed by atoms with van der Waals surface area (Å²) in [5, 5.41) is 0. The molecule has 0 aliphatic carbocycles. The SMILES string of the molecule is CC1CS(=O)(=O)CCN1C(=O)C#CBr. The van der Waals surface area contributed by atoms with E-state index in [1.54, 1.807) is 6.92 Å². The van der Waals surface area contributed by atoms with E-state index < -0.39 is 9.84 Å². The van der Waals surface area contributed by atoms with Crippen molar-refractivity contribution in [1.29, 1.82) is 0 Å². The summed E-state index contributed by atoms with van der Waals surface area (Å²) >= 11 is 2.83. The molecule has 1 saturated heterocycles. The first kappa shape index (κ1) is 11.5. The summed E-state index contributed by atoms with van der Waals surface area (Å²) in [5.74, 6) is 2.07. The minimum atomic E-state index is -2.97. The van der Waals surface area contributed by atoms with Crippen molar-refractivity contribution >= 4 is 31.7 Å². The zero-order valence-corrected chi connectivity index (χ0v) is 10.1. The van der Waals surface area contributed by atoms with Gasteiger partial charge in [-0.25, -0.2) is 8.42 Å². The Kier molecular flexibility index (Phi) is 3.56. The third-order valence-electron chi connectivity index (χ3n) is 2.09. The maximum Gasteiger partial charge on any atom is 0.299 e. The van der Waals surface area contributed by atoms with E-state index in [2.05, 4.69) is 26.7 Å². The van der Waals surface area contributed by atoms with Crippen LogP contribution in [0.15, 0.2) is 0 Å². The molecule has 0 spiro atoms. The van der Waals surface area contributed by atoms with Crippen molar-refractivity contribution in [2.24, 2.45) is 0 Å². The summed E-state index contributed by atoms with van der Waals surface area (Å²) in [6.07, 6.45) is 0. The molecule has 0 bridgehead atoms. The van der Waals surface area contributed by atoms with Gasteiger partial charge in [-0.05, 0) is 11.8 Å². The quantitative estimate of drug-likeness (QED) is 0.586. The molecule has 0 aromatic rings. The average Bonchev–Trinajstić information content (AvgIpc) is 2.02. The van der Waals surface area contributed by atoms with Crippen molar-refractivity contribution in [2.75, 3.05) is 18.1 Å². The molecule has 0 saturated carbocycles. The number of hydrogen-bond acceptors (Lipinski definition) is 3. The Balaban J connectivity index is 2.75. The molecule has 6 heteroatoms. The Morgan fingerprint density at radius 2 is 2.21 bits per heavy atom. The summed E-state index contributed by atoms with van der Waals surface area (Å²) in [5.41, 5.74) is 0. The van der Waals surface area contributed by atoms with Crippen molar-refractivity contribution in [3.63, 3.8) is 0 Å². The Morgan fingerprint density at radius 3 is 2.71 bits per heavy atom. The molecule has 0 aromatic heterocycles. The fraction of sp³-hybridized carbons (Fsp3) is 0.625. The van der Waals surface area contributed by atoms with Crippen molar-refractivity contribution in [3.05, 3.63) is 0 Å². The van der Waals surface area contributed by atoms with Gasteiger partial charge in [0, 0.05) is 34.4 Å². The smallest absolute Gasteiger partial charge is 0.299 e. The molecule has 1 aliphatic heterocycles. The average molecular weight is 280 g/mol. The highest BCUT2D eigenvalue weighted by atomic mass is 79.9. The third-order valence-corrected chi connectivity index (χ3v) is 4.08. The van der Waals surface area contributed by atoms with Crippen LogP contribution in [0, 0.1) is 10.8 Å². The van der Waals surface area contributed by atoms with E-state index in [9.17, 15) is 13.2 Å². The van der Waals surface area contributed by atoms with E-state index in [-0.39, 0.29) is 30.0 Å². The van der Waals surface area contributed by atoms with Gasteiger partial charge in [0.15, 0.2) is 9.84 Å². The predicted molar refractivity (Wildman–Crippen MR) is 56.5 cm³/mol. The van der Waals surface area contributed by atoms with Gasteiger partial charge in [-0.1, -0.05) is 0 Å². The van der Waals surface area contributed by atoms with Gasteiger partial charge in [-0.15, -0.1) is 0 Å². The lowest BCUT2D eigenvalue weighted by Gasteiger charge is -2.31. The monoisotopic (exact) mass is 279 g/mol. The molecule has 0 N–H and O–H groups in total. The van der Waals surface area contributed by atoms with Crippen LogP contribution in [0.25, 0.3) is 0 Å². The Morgan fingerprint density at radius 1 is 1.57 bits per heavy atom. The Bertz CT molecular complexity index is 393. The highest BCUT2D eigenvalue weighted by Gasteiger charge is 2.30. The van der Waals surface area contributed by atoms with Crippen LogP contribution in [0.1, 0.15) is 6.92 Å². The molecule has 78 valence electrons. The summed E-state index contributed by atoms with van der Waals surface area (Å²) in [7, 11) is -2.97. The van der Waals surface area contributed by atoms with Gasteiger partial charge in [-0.2, -0.15) is 0 Å². The molecule has 0 radical (unpaired) electrons. The van der Waals surface area contributed by atoms with E-state index in [1.807, 2.05) is 0 Å². The molecule has 1 rings (SSSR count). The van der Waals surface area contributed by atoms with Crippen LogP contribution in [0.2, 0.25) is 0 Å². The van der Waals surface area contributed by atoms with Crippen LogP contribution in [0.4, 0.5) is 0 Å². The van der Waals surface area contributed by atoms with E-state index in [1.165, 1.54) is 4.90 Å². The maximum absolute atomic E-state index is 11.3. The second-order valence-corrected chi connectivity index (χ2v) is 5.81. The van der Waals surface area contributed by atoms with E-state index >= 15 is 0 Å². The Hall–Kier alpha value is -0.540. The molecule has 1 amide bonds. The zero-order chi connectivity index (χ0) is 10.8. The predicted octanol–water partition coefficient (Wildman–Crippen LogP) is -0.0123. The highest BCUT2D eigenvalue weighted by molar-refractivity contribution is 9.12. The lowest BCUT2D eigenvalue weighted by atomic mass is 10.3. The molecule has 1 atom stereocenters. The van der Waals surface area contributed by atoms with Crippen LogP contribution in [-0.2, 0) is 14.6 Å². The molecule has 1 unspecified atom stereocenters. The third kappa shape index (κ3) is 2.72. The van der Waals surface area contributed by atoms with Crippen molar-refractivity contribution < 1.29 is 13.2 Å². The number of amides is 1. The molecular formula is C8H10BrNO3S. The topological polar surface area (TPSA) is 54.5 Å². The second-order valence-electron chi connectivity index (χ2n) is 3.18. The lowest BCUT2D eigenvalue weighted by molar-refractivity contribution is -0.126. The molecule has 14 heavy (non-hydrogen) atoms. The first-order valence-corrected chi connectivity index (χ1v) is 6.70. The molecule has 1 heterocycles. The number of hydrogen-bond donors (Lipinski definition) is 0. The van der Waals surface area contributed by atoms with Crippen molar-refractivity contribution in [2.45, 2.75) is 13.0 Å². The number of carbonyl (C=O) groups excluding carboxylic acids is 1. The van der Waals surface area contributed by atoms with Crippen LogP contribution >= 0.6 is 15.9 Å². The Labute approximate surface area is 91.7 Å². The number of halogens is 1. The van der Waals surface area contributed by atoms with E-state index in [0.29, 0.717) is 0 Å². The van der Waals surface area contributed by atoms with Crippen LogP contribution in [0.5, 0.6) is 0 Å². The van der Waals surface area contributed by atoms with Crippen LogP contribution < -0.4 is 0 Å². The van der Waals surface area contributed by atoms with Crippen LogP contribution in [-0.4, -0.2) is 43.3 Å². The molecule has 0 aromatic carbocycles. The van der Waals surface area contributed by atoms with Gasteiger partial charge in [0.2, 0.25) is 0 Å². The van der Waals surface area contributed by atoms with Gasteiger partial charge in [0.1, 0.15) is 0 Å². The second kappa shape index (κ2) is 4.32. The number of rotatable bonds is 0. The maximum atomic E-state index is 11.3. The van der Waals surface area contributed by atoms with Crippen molar-refractivity contribution in [1.82, 2.24) is 4.90 Å². The molecule has 1 fully saturated rings. The standard InChI is InChI=1S/C8H10BrNO3S/c1-7-6-14(12,13)5-4-10(7)8(11)2-3-9/h7H,4-6H2,1H3. The summed E-state index contributed by atoms with van der Waals surface area (Å²) in [4.78, 5) is 15.2. The number of carbonyl (C=O) groups is 1. The normalized spacial score (nSPS) is 25.0. The minimum absolute atomic E-state index is 0.0305. The molecular weight excluding hydrogens is 270 g/mol. The molecule has 4 nitrogen and oxygen atoms in total. The number of nitrogens with zero attached hydrogens (tertiary/aromatic N) is 1. The van der Waals surface area contributed by atoms with Gasteiger partial charge in [0.25, 0.3) is 5.91 Å². The van der Waals surface area contributed by atoms with Gasteiger partial charge < -0.3 is 4.90 Å². The van der Waals surface area contributed by atoms with Crippen LogP contribution in [0.3, 0.4) is 0 Å². The summed E-state index contributed by atoms with van der Waals surface area (Å²) in [6, 6.07) is -0.283. The fourth-order valence-corrected chi connectivity index (χ4v) is 3.14. The van der Waals surface area contributed by atoms with Crippen molar-refractivity contribution in [3.8, 4) is 10.8 Å². The lowest BCUT2D eigenvalue weighted by Crippen LogP contribution is -2.49. The first-order valence-electron chi connectivity index (χ1n) is 4.09. The van der Waals surface area contributed by atoms with Gasteiger partial charge in [0.05, 0.1) is 11.5 Å². The fourth-order valence-electron chi connectivity index (χ4n) is 1.41. The highest BCUT2D eigenvalue weighted by Crippen LogP contribution is 2.11.